The fourth-order valence-electron chi connectivity index (χ4n) is 0.718. The van der Waals surface area contributed by atoms with E-state index < -0.39 is 0 Å². The normalized spacial score (nSPS) is 17.2. The van der Waals surface area contributed by atoms with Crippen molar-refractivity contribution in [1.29, 1.82) is 0 Å². The maximum Gasteiger partial charge on any atom is 0.0714 e. The van der Waals surface area contributed by atoms with Crippen LogP contribution in [-0.2, 0) is 0 Å². The van der Waals surface area contributed by atoms with Crippen LogP contribution in [0.1, 0.15) is 27.2 Å². The van der Waals surface area contributed by atoms with Crippen LogP contribution in [0.5, 0.6) is 0 Å². The number of hydrogen-bond donors (Lipinski definition) is 0. The van der Waals surface area contributed by atoms with E-state index in [1.165, 1.54) is 5.75 Å². The first kappa shape index (κ1) is 9.41. The zero-order valence-corrected chi connectivity index (χ0v) is 7.37. The maximum absolute atomic E-state index is 5.78. The second kappa shape index (κ2) is 5.22. The minimum Gasteiger partial charge on any atom is -0.160 e. The lowest BCUT2D eigenvalue weighted by Gasteiger charge is -2.16. The Labute approximate surface area is 64.2 Å². The van der Waals surface area contributed by atoms with E-state index in [-0.39, 0.29) is 0 Å². The van der Waals surface area contributed by atoms with E-state index in [4.69, 9.17) is 7.85 Å². The summed E-state index contributed by atoms with van der Waals surface area (Å²) in [6, 6.07) is 0. The van der Waals surface area contributed by atoms with Crippen molar-refractivity contribution in [2.24, 2.45) is 0 Å². The number of hydrogen-bond acceptors (Lipinski definition) is 1. The fourth-order valence-corrected chi connectivity index (χ4v) is 1.68. The first-order valence-electron chi connectivity index (χ1n) is 3.59. The molecule has 2 heteroatoms. The lowest BCUT2D eigenvalue weighted by Crippen LogP contribution is -2.06. The second-order valence-corrected chi connectivity index (χ2v) is 3.89. The molecule has 0 aliphatic rings. The molecule has 0 fully saturated rings. The Morgan fingerprint density at radius 2 is 2.00 bits per heavy atom. The summed E-state index contributed by atoms with van der Waals surface area (Å²) in [5.41, 5.74) is 0. The average molecular weight is 142 g/mol. The lowest BCUT2D eigenvalue weighted by atomic mass is 9.83. The van der Waals surface area contributed by atoms with Crippen LogP contribution in [0.15, 0.2) is 0 Å². The molecule has 2 atom stereocenters. The van der Waals surface area contributed by atoms with Gasteiger partial charge in [0, 0.05) is 0 Å². The molecule has 0 spiro atoms. The van der Waals surface area contributed by atoms with Gasteiger partial charge in [-0.2, -0.15) is 11.8 Å². The van der Waals surface area contributed by atoms with Gasteiger partial charge in [0.1, 0.15) is 0 Å². The SMILES string of the molecule is [B][C@@H](CC)C(C)SCC. The predicted octanol–water partition coefficient (Wildman–Crippen LogP) is 2.50. The van der Waals surface area contributed by atoms with E-state index in [1.54, 1.807) is 0 Å². The molecule has 0 nitrogen and oxygen atoms in total. The van der Waals surface area contributed by atoms with E-state index in [0.717, 1.165) is 6.42 Å². The molecule has 0 heterocycles. The zero-order valence-electron chi connectivity index (χ0n) is 6.55. The predicted molar refractivity (Wildman–Crippen MR) is 47.4 cm³/mol. The molecule has 0 saturated carbocycles. The van der Waals surface area contributed by atoms with Crippen molar-refractivity contribution in [3.63, 3.8) is 0 Å². The van der Waals surface area contributed by atoms with Gasteiger partial charge in [0.25, 0.3) is 0 Å². The Bertz CT molecular complexity index is 65.9. The second-order valence-electron chi connectivity index (χ2n) is 2.23. The molecular weight excluding hydrogens is 127 g/mol. The molecule has 9 heavy (non-hydrogen) atoms. The first-order chi connectivity index (χ1) is 4.22. The van der Waals surface area contributed by atoms with Crippen LogP contribution < -0.4 is 0 Å². The standard InChI is InChI=1S/C7H15BS/c1-4-7(8)6(3)9-5-2/h6-7H,4-5H2,1-3H3/t6?,7-/m0/s1. The molecule has 0 bridgehead atoms. The highest BCUT2D eigenvalue weighted by atomic mass is 32.2. The topological polar surface area (TPSA) is 0 Å². The molecule has 0 aromatic carbocycles. The summed E-state index contributed by atoms with van der Waals surface area (Å²) in [5, 5.41) is 0.625. The Morgan fingerprint density at radius 3 is 2.33 bits per heavy atom. The molecule has 0 rings (SSSR count). The minimum atomic E-state index is 0.384. The molecule has 52 valence electrons. The van der Waals surface area contributed by atoms with Gasteiger partial charge in [0.05, 0.1) is 7.85 Å². The van der Waals surface area contributed by atoms with Crippen LogP contribution in [0.2, 0.25) is 5.82 Å². The fraction of sp³-hybridized carbons (Fsp3) is 1.00. The molecule has 0 aliphatic heterocycles. The van der Waals surface area contributed by atoms with Gasteiger partial charge in [-0.15, -0.1) is 0 Å². The van der Waals surface area contributed by atoms with Crippen LogP contribution in [0.4, 0.5) is 0 Å². The zero-order chi connectivity index (χ0) is 7.28. The highest BCUT2D eigenvalue weighted by Crippen LogP contribution is 2.23. The van der Waals surface area contributed by atoms with E-state index >= 15 is 0 Å². The third kappa shape index (κ3) is 3.91. The largest absolute Gasteiger partial charge is 0.160 e. The molecule has 0 aliphatic carbocycles. The summed E-state index contributed by atoms with van der Waals surface area (Å²) in [6.45, 7) is 6.50. The quantitative estimate of drug-likeness (QED) is 0.543. The van der Waals surface area contributed by atoms with Crippen molar-refractivity contribution >= 4 is 19.6 Å². The van der Waals surface area contributed by atoms with Gasteiger partial charge in [-0.1, -0.05) is 33.0 Å². The van der Waals surface area contributed by atoms with Crippen molar-refractivity contribution in [3.05, 3.63) is 0 Å². The Kier molecular flexibility index (Phi) is 5.46. The molecule has 0 saturated heterocycles. The van der Waals surface area contributed by atoms with Crippen molar-refractivity contribution < 1.29 is 0 Å². The van der Waals surface area contributed by atoms with Gasteiger partial charge < -0.3 is 0 Å². The molecule has 0 aromatic heterocycles. The highest BCUT2D eigenvalue weighted by Gasteiger charge is 2.07. The lowest BCUT2D eigenvalue weighted by molar-refractivity contribution is 0.784. The summed E-state index contributed by atoms with van der Waals surface area (Å²) in [6.07, 6.45) is 1.09. The van der Waals surface area contributed by atoms with Gasteiger partial charge in [0.15, 0.2) is 0 Å². The maximum atomic E-state index is 5.78. The van der Waals surface area contributed by atoms with Crippen LogP contribution in [0.25, 0.3) is 0 Å². The van der Waals surface area contributed by atoms with Gasteiger partial charge in [-0.05, 0) is 11.0 Å². The number of thioether (sulfide) groups is 1. The van der Waals surface area contributed by atoms with E-state index in [2.05, 4.69) is 20.8 Å². The highest BCUT2D eigenvalue weighted by molar-refractivity contribution is 7.99. The summed E-state index contributed by atoms with van der Waals surface area (Å²) in [5.74, 6) is 1.56. The van der Waals surface area contributed by atoms with Gasteiger partial charge in [0.2, 0.25) is 0 Å². The third-order valence-corrected chi connectivity index (χ3v) is 2.71. The van der Waals surface area contributed by atoms with E-state index in [1.807, 2.05) is 11.8 Å². The molecule has 0 amide bonds. The van der Waals surface area contributed by atoms with Gasteiger partial charge in [-0.3, -0.25) is 0 Å². The Hall–Kier alpha value is 0.415. The summed E-state index contributed by atoms with van der Waals surface area (Å²) >= 11 is 1.94. The molecule has 2 radical (unpaired) electrons. The minimum absolute atomic E-state index is 0.384. The molecular formula is C7H15BS. The van der Waals surface area contributed by atoms with E-state index in [0.29, 0.717) is 11.1 Å². The Morgan fingerprint density at radius 1 is 1.44 bits per heavy atom. The van der Waals surface area contributed by atoms with Crippen molar-refractivity contribution in [2.45, 2.75) is 38.3 Å². The third-order valence-electron chi connectivity index (χ3n) is 1.50. The molecule has 0 N–H and O–H groups in total. The van der Waals surface area contributed by atoms with Crippen LogP contribution in [0, 0.1) is 0 Å². The first-order valence-corrected chi connectivity index (χ1v) is 4.64. The number of rotatable bonds is 4. The van der Waals surface area contributed by atoms with Crippen LogP contribution >= 0.6 is 11.8 Å². The smallest absolute Gasteiger partial charge is 0.0714 e. The van der Waals surface area contributed by atoms with E-state index in [9.17, 15) is 0 Å². The molecule has 0 aromatic rings. The van der Waals surface area contributed by atoms with Gasteiger partial charge >= 0.3 is 0 Å². The van der Waals surface area contributed by atoms with Crippen molar-refractivity contribution in [3.8, 4) is 0 Å². The average Bonchev–Trinajstić information content (AvgIpc) is 1.87. The molecule has 1 unspecified atom stereocenters. The summed E-state index contributed by atoms with van der Waals surface area (Å²) < 4.78 is 0. The summed E-state index contributed by atoms with van der Waals surface area (Å²) in [7, 11) is 5.78. The van der Waals surface area contributed by atoms with Crippen LogP contribution in [-0.4, -0.2) is 18.8 Å². The Balaban J connectivity index is 3.32. The van der Waals surface area contributed by atoms with Crippen molar-refractivity contribution in [1.82, 2.24) is 0 Å². The van der Waals surface area contributed by atoms with Crippen molar-refractivity contribution in [2.75, 3.05) is 5.75 Å². The van der Waals surface area contributed by atoms with Gasteiger partial charge in [-0.25, -0.2) is 0 Å². The summed E-state index contributed by atoms with van der Waals surface area (Å²) in [4.78, 5) is 0. The monoisotopic (exact) mass is 142 g/mol. The van der Waals surface area contributed by atoms with Crippen LogP contribution in [0.3, 0.4) is 0 Å².